The molecule has 1 atom stereocenters. The number of carbonyl (C=O) groups excluding carboxylic acids is 2. The molecule has 23 heavy (non-hydrogen) atoms. The van der Waals surface area contributed by atoms with Crippen molar-refractivity contribution in [2.24, 2.45) is 0 Å². The van der Waals surface area contributed by atoms with E-state index in [1.165, 1.54) is 7.11 Å². The van der Waals surface area contributed by atoms with E-state index in [1.54, 1.807) is 27.1 Å². The average molecular weight is 334 g/mol. The van der Waals surface area contributed by atoms with E-state index < -0.39 is 6.04 Å². The number of methoxy groups -OCH3 is 1. The first-order valence-corrected chi connectivity index (χ1v) is 8.16. The SMILES string of the molecule is COCC(=O)N1Cc2ccnn2[C@@H](C(=O)NCc2cccs2)C1. The lowest BCUT2D eigenvalue weighted by Gasteiger charge is -2.33. The van der Waals surface area contributed by atoms with Crippen molar-refractivity contribution < 1.29 is 14.3 Å². The Labute approximate surface area is 137 Å². The van der Waals surface area contributed by atoms with E-state index in [2.05, 4.69) is 10.4 Å². The Bertz CT molecular complexity index is 683. The van der Waals surface area contributed by atoms with Crippen LogP contribution in [0.25, 0.3) is 0 Å². The van der Waals surface area contributed by atoms with E-state index in [-0.39, 0.29) is 18.4 Å². The first kappa shape index (κ1) is 15.7. The fourth-order valence-electron chi connectivity index (χ4n) is 2.60. The van der Waals surface area contributed by atoms with Crippen molar-refractivity contribution in [2.45, 2.75) is 19.1 Å². The zero-order valence-electron chi connectivity index (χ0n) is 12.8. The van der Waals surface area contributed by atoms with E-state index in [1.807, 2.05) is 23.6 Å². The highest BCUT2D eigenvalue weighted by atomic mass is 32.1. The van der Waals surface area contributed by atoms with Crippen molar-refractivity contribution >= 4 is 23.2 Å². The maximum absolute atomic E-state index is 12.5. The predicted octanol–water partition coefficient (Wildman–Crippen LogP) is 0.791. The number of amides is 2. The molecule has 3 heterocycles. The van der Waals surface area contributed by atoms with Crippen LogP contribution < -0.4 is 5.32 Å². The van der Waals surface area contributed by atoms with Crippen LogP contribution in [0, 0.1) is 0 Å². The molecule has 2 aromatic heterocycles. The van der Waals surface area contributed by atoms with Crippen molar-refractivity contribution in [1.29, 1.82) is 0 Å². The Kier molecular flexibility index (Phi) is 4.73. The van der Waals surface area contributed by atoms with Gasteiger partial charge in [0.15, 0.2) is 0 Å². The summed E-state index contributed by atoms with van der Waals surface area (Å²) in [5.41, 5.74) is 0.844. The van der Waals surface area contributed by atoms with Gasteiger partial charge in [0.2, 0.25) is 11.8 Å². The van der Waals surface area contributed by atoms with E-state index in [9.17, 15) is 9.59 Å². The summed E-state index contributed by atoms with van der Waals surface area (Å²) < 4.78 is 6.60. The van der Waals surface area contributed by atoms with Gasteiger partial charge in [-0.05, 0) is 17.5 Å². The lowest BCUT2D eigenvalue weighted by Crippen LogP contribution is -2.47. The maximum atomic E-state index is 12.5. The normalized spacial score (nSPS) is 16.9. The van der Waals surface area contributed by atoms with Gasteiger partial charge in [0, 0.05) is 18.2 Å². The van der Waals surface area contributed by atoms with Gasteiger partial charge in [-0.1, -0.05) is 6.07 Å². The van der Waals surface area contributed by atoms with Gasteiger partial charge in [0.25, 0.3) is 0 Å². The topological polar surface area (TPSA) is 76.5 Å². The van der Waals surface area contributed by atoms with Crippen LogP contribution in [0.15, 0.2) is 29.8 Å². The van der Waals surface area contributed by atoms with Crippen LogP contribution >= 0.6 is 11.3 Å². The third kappa shape index (κ3) is 3.43. The molecule has 0 aliphatic carbocycles. The molecule has 0 bridgehead atoms. The Morgan fingerprint density at radius 2 is 2.35 bits per heavy atom. The van der Waals surface area contributed by atoms with Crippen molar-refractivity contribution in [3.63, 3.8) is 0 Å². The summed E-state index contributed by atoms with van der Waals surface area (Å²) in [5, 5.41) is 9.12. The number of aromatic nitrogens is 2. The molecule has 0 saturated carbocycles. The predicted molar refractivity (Wildman–Crippen MR) is 84.7 cm³/mol. The Balaban J connectivity index is 1.72. The molecule has 0 radical (unpaired) electrons. The van der Waals surface area contributed by atoms with E-state index in [0.29, 0.717) is 19.6 Å². The highest BCUT2D eigenvalue weighted by Gasteiger charge is 2.32. The highest BCUT2D eigenvalue weighted by Crippen LogP contribution is 2.21. The minimum atomic E-state index is -0.519. The van der Waals surface area contributed by atoms with Gasteiger partial charge in [0.1, 0.15) is 12.6 Å². The largest absolute Gasteiger partial charge is 0.375 e. The number of ether oxygens (including phenoxy) is 1. The van der Waals surface area contributed by atoms with Crippen LogP contribution in [-0.4, -0.2) is 46.8 Å². The van der Waals surface area contributed by atoms with Crippen LogP contribution in [0.2, 0.25) is 0 Å². The highest BCUT2D eigenvalue weighted by molar-refractivity contribution is 7.09. The van der Waals surface area contributed by atoms with Crippen LogP contribution in [-0.2, 0) is 27.4 Å². The van der Waals surface area contributed by atoms with E-state index in [4.69, 9.17) is 4.74 Å². The van der Waals surface area contributed by atoms with Crippen molar-refractivity contribution in [3.05, 3.63) is 40.3 Å². The fraction of sp³-hybridized carbons (Fsp3) is 0.400. The summed E-state index contributed by atoms with van der Waals surface area (Å²) in [7, 11) is 1.48. The van der Waals surface area contributed by atoms with Gasteiger partial charge in [0.05, 0.1) is 25.3 Å². The molecule has 0 aromatic carbocycles. The number of hydrogen-bond donors (Lipinski definition) is 1. The Morgan fingerprint density at radius 3 is 3.09 bits per heavy atom. The lowest BCUT2D eigenvalue weighted by molar-refractivity contribution is -0.139. The Morgan fingerprint density at radius 1 is 1.48 bits per heavy atom. The molecule has 1 aliphatic rings. The first-order valence-electron chi connectivity index (χ1n) is 7.28. The molecule has 0 fully saturated rings. The summed E-state index contributed by atoms with van der Waals surface area (Å²) in [6.45, 7) is 1.23. The summed E-state index contributed by atoms with van der Waals surface area (Å²) in [5.74, 6) is -0.269. The summed E-state index contributed by atoms with van der Waals surface area (Å²) in [6.07, 6.45) is 1.65. The summed E-state index contributed by atoms with van der Waals surface area (Å²) >= 11 is 1.59. The van der Waals surface area contributed by atoms with Crippen LogP contribution in [0.5, 0.6) is 0 Å². The first-order chi connectivity index (χ1) is 11.2. The second-order valence-corrected chi connectivity index (χ2v) is 6.32. The summed E-state index contributed by atoms with van der Waals surface area (Å²) in [6, 6.07) is 5.23. The molecule has 2 aromatic rings. The molecule has 3 rings (SSSR count). The second kappa shape index (κ2) is 6.93. The standard InChI is InChI=1S/C15H18N4O3S/c1-22-10-14(20)18-8-11-4-5-17-19(11)13(9-18)15(21)16-7-12-3-2-6-23-12/h2-6,13H,7-10H2,1H3,(H,16,21)/t13-/m1/s1. The van der Waals surface area contributed by atoms with Crippen molar-refractivity contribution in [2.75, 3.05) is 20.3 Å². The van der Waals surface area contributed by atoms with Gasteiger partial charge in [-0.15, -0.1) is 11.3 Å². The number of fused-ring (bicyclic) bond motifs is 1. The van der Waals surface area contributed by atoms with Gasteiger partial charge in [-0.3, -0.25) is 14.3 Å². The quantitative estimate of drug-likeness (QED) is 0.877. The molecule has 0 saturated heterocycles. The smallest absolute Gasteiger partial charge is 0.248 e. The zero-order valence-corrected chi connectivity index (χ0v) is 13.6. The third-order valence-electron chi connectivity index (χ3n) is 3.73. The zero-order chi connectivity index (χ0) is 16.2. The molecule has 1 N–H and O–H groups in total. The minimum absolute atomic E-state index is 0.0116. The number of nitrogens with one attached hydrogen (secondary N) is 1. The van der Waals surface area contributed by atoms with Gasteiger partial charge < -0.3 is 15.0 Å². The van der Waals surface area contributed by atoms with Crippen molar-refractivity contribution in [3.8, 4) is 0 Å². The number of rotatable bonds is 5. The summed E-state index contributed by atoms with van der Waals surface area (Å²) in [4.78, 5) is 27.3. The molecule has 8 heteroatoms. The average Bonchev–Trinajstić information content (AvgIpc) is 3.22. The number of thiophene rings is 1. The molecule has 0 unspecified atom stereocenters. The third-order valence-corrected chi connectivity index (χ3v) is 4.61. The molecule has 1 aliphatic heterocycles. The van der Waals surface area contributed by atoms with Gasteiger partial charge in [-0.2, -0.15) is 5.10 Å². The van der Waals surface area contributed by atoms with Gasteiger partial charge in [-0.25, -0.2) is 0 Å². The van der Waals surface area contributed by atoms with Crippen molar-refractivity contribution in [1.82, 2.24) is 20.0 Å². The Hall–Kier alpha value is -2.19. The molecular weight excluding hydrogens is 316 g/mol. The molecule has 0 spiro atoms. The van der Waals surface area contributed by atoms with E-state index in [0.717, 1.165) is 10.6 Å². The number of nitrogens with zero attached hydrogens (tertiary/aromatic N) is 3. The number of carbonyl (C=O) groups is 2. The van der Waals surface area contributed by atoms with Crippen LogP contribution in [0.4, 0.5) is 0 Å². The van der Waals surface area contributed by atoms with Crippen LogP contribution in [0.1, 0.15) is 16.6 Å². The monoisotopic (exact) mass is 334 g/mol. The van der Waals surface area contributed by atoms with Crippen LogP contribution in [0.3, 0.4) is 0 Å². The minimum Gasteiger partial charge on any atom is -0.375 e. The maximum Gasteiger partial charge on any atom is 0.248 e. The molecule has 7 nitrogen and oxygen atoms in total. The molecule has 122 valence electrons. The fourth-order valence-corrected chi connectivity index (χ4v) is 3.24. The van der Waals surface area contributed by atoms with E-state index >= 15 is 0 Å². The number of hydrogen-bond acceptors (Lipinski definition) is 5. The van der Waals surface area contributed by atoms with Gasteiger partial charge >= 0.3 is 0 Å². The second-order valence-electron chi connectivity index (χ2n) is 5.29. The lowest BCUT2D eigenvalue weighted by atomic mass is 10.1. The molecular formula is C15H18N4O3S. The molecule has 2 amide bonds.